The summed E-state index contributed by atoms with van der Waals surface area (Å²) >= 11 is 0. The van der Waals surface area contributed by atoms with Crippen LogP contribution < -0.4 is 24.3 Å². The Morgan fingerprint density at radius 3 is 2.63 bits per heavy atom. The summed E-state index contributed by atoms with van der Waals surface area (Å²) in [5, 5.41) is 21.3. The van der Waals surface area contributed by atoms with Gasteiger partial charge in [-0.1, -0.05) is 6.58 Å². The Bertz CT molecular complexity index is 1350. The molecule has 200 valence electrons. The number of aromatic hydroxyl groups is 1. The Labute approximate surface area is 222 Å². The van der Waals surface area contributed by atoms with Gasteiger partial charge in [-0.15, -0.1) is 0 Å². The van der Waals surface area contributed by atoms with Gasteiger partial charge >= 0.3 is 0 Å². The first-order valence-corrected chi connectivity index (χ1v) is 13.0. The molecule has 1 amide bonds. The maximum Gasteiger partial charge on any atom is 0.259 e. The molecule has 1 aliphatic carbocycles. The second-order valence-corrected chi connectivity index (χ2v) is 10.5. The van der Waals surface area contributed by atoms with Crippen LogP contribution in [0.3, 0.4) is 0 Å². The monoisotopic (exact) mass is 519 g/mol. The number of rotatable bonds is 7. The lowest BCUT2D eigenvalue weighted by atomic mass is 9.82. The number of amides is 1. The highest BCUT2D eigenvalue weighted by Gasteiger charge is 2.48. The zero-order chi connectivity index (χ0) is 26.7. The smallest absolute Gasteiger partial charge is 0.259 e. The fraction of sp³-hybridized carbons (Fsp3) is 0.448. The number of nitrogens with one attached hydrogen (secondary N) is 1. The average Bonchev–Trinajstić information content (AvgIpc) is 3.47. The standard InChI is InChI=1S/C29H33N3O6/c1-14(2)22-11-19-21(38-22)9-8-17(28(19)33)27-26-18-10-24(35-4)25(36-5)12-23(18)37-13-20(26)32(31-27)29(34)15(3)30-16-6-7-16/h8-10,12,15-16,20,22,26,30,33H,1,6-7,11,13H2,2-5H3/t15?,20?,22-,26?/m1/s1. The van der Waals surface area contributed by atoms with Gasteiger partial charge in [0.2, 0.25) is 0 Å². The van der Waals surface area contributed by atoms with Crippen molar-refractivity contribution in [3.05, 3.63) is 53.1 Å². The molecule has 2 aromatic carbocycles. The summed E-state index contributed by atoms with van der Waals surface area (Å²) in [6.45, 7) is 8.06. The van der Waals surface area contributed by atoms with Gasteiger partial charge in [0.25, 0.3) is 5.91 Å². The first-order chi connectivity index (χ1) is 18.3. The van der Waals surface area contributed by atoms with E-state index in [1.165, 1.54) is 0 Å². The van der Waals surface area contributed by atoms with Gasteiger partial charge in [0.1, 0.15) is 36.0 Å². The minimum absolute atomic E-state index is 0.121. The number of phenols is 1. The largest absolute Gasteiger partial charge is 0.507 e. The highest BCUT2D eigenvalue weighted by molar-refractivity contribution is 6.10. The molecule has 6 rings (SSSR count). The number of nitrogens with zero attached hydrogens (tertiary/aromatic N) is 2. The summed E-state index contributed by atoms with van der Waals surface area (Å²) in [5.41, 5.74) is 3.63. The van der Waals surface area contributed by atoms with Gasteiger partial charge in [-0.3, -0.25) is 4.79 Å². The molecule has 0 radical (unpaired) electrons. The van der Waals surface area contributed by atoms with E-state index >= 15 is 0 Å². The second-order valence-electron chi connectivity index (χ2n) is 10.5. The van der Waals surface area contributed by atoms with E-state index in [0.29, 0.717) is 46.7 Å². The minimum atomic E-state index is -0.392. The van der Waals surface area contributed by atoms with E-state index in [1.54, 1.807) is 25.3 Å². The predicted molar refractivity (Wildman–Crippen MR) is 142 cm³/mol. The number of hydrogen-bond donors (Lipinski definition) is 2. The van der Waals surface area contributed by atoms with Gasteiger partial charge in [0.05, 0.1) is 31.9 Å². The van der Waals surface area contributed by atoms with E-state index in [2.05, 4.69) is 11.9 Å². The summed E-state index contributed by atoms with van der Waals surface area (Å²) in [7, 11) is 3.16. The SMILES string of the molecule is C=C(C)[C@H]1Cc2c(ccc(C3=NN(C(=O)C(C)NC4CC4)C4COc5cc(OC)c(OC)cc5C34)c2O)O1. The van der Waals surface area contributed by atoms with Crippen LogP contribution in [0.25, 0.3) is 0 Å². The number of benzene rings is 2. The topological polar surface area (TPSA) is 102 Å². The number of hydrazone groups is 1. The van der Waals surface area contributed by atoms with Crippen molar-refractivity contribution >= 4 is 11.6 Å². The van der Waals surface area contributed by atoms with Crippen molar-refractivity contribution in [2.24, 2.45) is 5.10 Å². The molecule has 1 saturated carbocycles. The quantitative estimate of drug-likeness (QED) is 0.540. The number of carbonyl (C=O) groups is 1. The molecule has 4 atom stereocenters. The summed E-state index contributed by atoms with van der Waals surface area (Å²) in [6, 6.07) is 6.97. The number of carbonyl (C=O) groups excluding carboxylic acids is 1. The van der Waals surface area contributed by atoms with Gasteiger partial charge in [0.15, 0.2) is 11.5 Å². The Hall–Kier alpha value is -3.72. The van der Waals surface area contributed by atoms with Crippen molar-refractivity contribution in [3.63, 3.8) is 0 Å². The molecule has 9 heteroatoms. The number of fused-ring (bicyclic) bond motifs is 4. The van der Waals surface area contributed by atoms with E-state index in [-0.39, 0.29) is 36.3 Å². The first kappa shape index (κ1) is 24.6. The number of hydrogen-bond acceptors (Lipinski definition) is 8. The van der Waals surface area contributed by atoms with Crippen molar-refractivity contribution in [3.8, 4) is 28.7 Å². The van der Waals surface area contributed by atoms with Crippen molar-refractivity contribution in [2.45, 2.75) is 63.3 Å². The van der Waals surface area contributed by atoms with Crippen molar-refractivity contribution in [1.29, 1.82) is 0 Å². The summed E-state index contributed by atoms with van der Waals surface area (Å²) in [6.07, 6.45) is 2.50. The highest BCUT2D eigenvalue weighted by Crippen LogP contribution is 2.49. The van der Waals surface area contributed by atoms with Crippen molar-refractivity contribution in [1.82, 2.24) is 10.3 Å². The van der Waals surface area contributed by atoms with Crippen LogP contribution in [0.2, 0.25) is 0 Å². The zero-order valence-electron chi connectivity index (χ0n) is 22.1. The molecule has 0 spiro atoms. The Morgan fingerprint density at radius 1 is 1.21 bits per heavy atom. The zero-order valence-corrected chi connectivity index (χ0v) is 22.1. The van der Waals surface area contributed by atoms with Crippen LogP contribution in [-0.2, 0) is 11.2 Å². The lowest BCUT2D eigenvalue weighted by molar-refractivity contribution is -0.135. The first-order valence-electron chi connectivity index (χ1n) is 13.0. The van der Waals surface area contributed by atoms with E-state index in [4.69, 9.17) is 24.0 Å². The maximum absolute atomic E-state index is 13.6. The Morgan fingerprint density at radius 2 is 1.95 bits per heavy atom. The van der Waals surface area contributed by atoms with Crippen LogP contribution in [0.15, 0.2) is 41.5 Å². The lowest BCUT2D eigenvalue weighted by Gasteiger charge is -2.34. The molecule has 3 heterocycles. The normalized spacial score (nSPS) is 23.8. The molecule has 0 saturated heterocycles. The molecule has 0 aromatic heterocycles. The second kappa shape index (κ2) is 9.23. The van der Waals surface area contributed by atoms with E-state index in [0.717, 1.165) is 29.5 Å². The van der Waals surface area contributed by atoms with E-state index < -0.39 is 6.04 Å². The molecule has 4 aliphatic rings. The van der Waals surface area contributed by atoms with Gasteiger partial charge in [0, 0.05) is 35.2 Å². The molecule has 38 heavy (non-hydrogen) atoms. The molecule has 3 aliphatic heterocycles. The molecule has 2 aromatic rings. The van der Waals surface area contributed by atoms with Crippen molar-refractivity contribution < 1.29 is 28.8 Å². The molecule has 1 fully saturated rings. The third-order valence-corrected chi connectivity index (χ3v) is 7.85. The maximum atomic E-state index is 13.6. The number of methoxy groups -OCH3 is 2. The van der Waals surface area contributed by atoms with Gasteiger partial charge in [-0.2, -0.15) is 5.10 Å². The molecule has 9 nitrogen and oxygen atoms in total. The summed E-state index contributed by atoms with van der Waals surface area (Å²) < 4.78 is 23.2. The van der Waals surface area contributed by atoms with Crippen LogP contribution in [0.4, 0.5) is 0 Å². The molecular weight excluding hydrogens is 486 g/mol. The predicted octanol–water partition coefficient (Wildman–Crippen LogP) is 3.52. The number of phenolic OH excluding ortho intramolecular Hbond substituents is 1. The van der Waals surface area contributed by atoms with Crippen LogP contribution in [0.5, 0.6) is 28.7 Å². The molecular formula is C29H33N3O6. The molecule has 2 N–H and O–H groups in total. The van der Waals surface area contributed by atoms with E-state index in [1.807, 2.05) is 32.0 Å². The van der Waals surface area contributed by atoms with Crippen molar-refractivity contribution in [2.75, 3.05) is 20.8 Å². The van der Waals surface area contributed by atoms with Gasteiger partial charge in [-0.05, 0) is 50.5 Å². The van der Waals surface area contributed by atoms with Crippen LogP contribution in [0.1, 0.15) is 49.3 Å². The third-order valence-electron chi connectivity index (χ3n) is 7.85. The number of ether oxygens (including phenoxy) is 4. The Kier molecular flexibility index (Phi) is 5.98. The van der Waals surface area contributed by atoms with Gasteiger partial charge in [-0.25, -0.2) is 5.01 Å². The third kappa shape index (κ3) is 3.96. The molecule has 0 bridgehead atoms. The fourth-order valence-corrected chi connectivity index (χ4v) is 5.61. The van der Waals surface area contributed by atoms with Crippen LogP contribution in [-0.4, -0.2) is 66.8 Å². The summed E-state index contributed by atoms with van der Waals surface area (Å²) in [5.74, 6) is 2.05. The minimum Gasteiger partial charge on any atom is -0.507 e. The highest BCUT2D eigenvalue weighted by atomic mass is 16.5. The van der Waals surface area contributed by atoms with Gasteiger partial charge < -0.3 is 29.4 Å². The fourth-order valence-electron chi connectivity index (χ4n) is 5.61. The van der Waals surface area contributed by atoms with Crippen LogP contribution >= 0.6 is 0 Å². The van der Waals surface area contributed by atoms with Crippen LogP contribution in [0, 0.1) is 0 Å². The average molecular weight is 520 g/mol. The van der Waals surface area contributed by atoms with E-state index in [9.17, 15) is 9.90 Å². The summed E-state index contributed by atoms with van der Waals surface area (Å²) in [4.78, 5) is 13.6. The molecule has 3 unspecified atom stereocenters. The Balaban J connectivity index is 1.45. The lowest BCUT2D eigenvalue weighted by Crippen LogP contribution is -2.49.